The molecule has 0 radical (unpaired) electrons. The minimum atomic E-state index is -1.63. The Kier molecular flexibility index (Phi) is 4.84. The van der Waals surface area contributed by atoms with Gasteiger partial charge in [0.15, 0.2) is 5.79 Å². The molecule has 1 saturated heterocycles. The molecule has 2 N–H and O–H groups in total. The highest BCUT2D eigenvalue weighted by Crippen LogP contribution is 2.56. The Bertz CT molecular complexity index is 912. The van der Waals surface area contributed by atoms with Crippen LogP contribution < -0.4 is 0 Å². The summed E-state index contributed by atoms with van der Waals surface area (Å²) < 4.78 is 6.38. The maximum absolute atomic E-state index is 12.1. The van der Waals surface area contributed by atoms with Crippen LogP contribution in [0.5, 0.6) is 0 Å². The second-order valence-electron chi connectivity index (χ2n) is 7.71. The normalized spacial score (nSPS) is 32.8. The Morgan fingerprint density at radius 3 is 1.68 bits per heavy atom. The fraction of sp³-hybridized carbons (Fsp3) is 0.280. The van der Waals surface area contributed by atoms with Gasteiger partial charge in [0, 0.05) is 17.4 Å². The van der Waals surface area contributed by atoms with Gasteiger partial charge in [0.2, 0.25) is 0 Å². The largest absolute Gasteiger partial charge is 0.384 e. The zero-order chi connectivity index (χ0) is 19.8. The van der Waals surface area contributed by atoms with E-state index in [9.17, 15) is 10.2 Å². The smallest absolute Gasteiger partial charge is 0.198 e. The number of hydrogen-bond acceptors (Lipinski definition) is 3. The summed E-state index contributed by atoms with van der Waals surface area (Å²) >= 11 is 0. The molecule has 3 nitrogen and oxygen atoms in total. The predicted molar refractivity (Wildman–Crippen MR) is 109 cm³/mol. The van der Waals surface area contributed by atoms with Crippen molar-refractivity contribution in [2.45, 2.75) is 31.3 Å². The van der Waals surface area contributed by atoms with E-state index >= 15 is 0 Å². The maximum Gasteiger partial charge on any atom is 0.198 e. The van der Waals surface area contributed by atoms with Crippen LogP contribution in [0.25, 0.3) is 0 Å². The molecule has 5 atom stereocenters. The molecule has 0 amide bonds. The molecule has 0 aliphatic carbocycles. The van der Waals surface area contributed by atoms with Crippen LogP contribution in [-0.4, -0.2) is 10.2 Å². The lowest BCUT2D eigenvalue weighted by molar-refractivity contribution is -0.359. The summed E-state index contributed by atoms with van der Waals surface area (Å²) in [6.07, 6.45) is -0.465. The summed E-state index contributed by atoms with van der Waals surface area (Å²) in [6, 6.07) is 28.8. The third-order valence-corrected chi connectivity index (χ3v) is 6.25. The molecule has 0 saturated carbocycles. The first-order valence-electron chi connectivity index (χ1n) is 9.76. The SMILES string of the molecule is CC1C(c2ccccc2)OC(O)(c2ccccc2)C(C)C1(O)c1ccccc1. The first-order valence-corrected chi connectivity index (χ1v) is 9.76. The van der Waals surface area contributed by atoms with Gasteiger partial charge in [0.1, 0.15) is 5.60 Å². The van der Waals surface area contributed by atoms with E-state index in [0.717, 1.165) is 11.1 Å². The zero-order valence-corrected chi connectivity index (χ0v) is 16.2. The van der Waals surface area contributed by atoms with Gasteiger partial charge in [-0.25, -0.2) is 0 Å². The summed E-state index contributed by atoms with van der Waals surface area (Å²) in [4.78, 5) is 0. The maximum atomic E-state index is 12.1. The van der Waals surface area contributed by atoms with Crippen LogP contribution in [-0.2, 0) is 16.1 Å². The Morgan fingerprint density at radius 2 is 1.14 bits per heavy atom. The fourth-order valence-electron chi connectivity index (χ4n) is 4.53. The summed E-state index contributed by atoms with van der Waals surface area (Å²) in [5.74, 6) is -2.48. The van der Waals surface area contributed by atoms with Crippen molar-refractivity contribution in [2.24, 2.45) is 11.8 Å². The van der Waals surface area contributed by atoms with Crippen LogP contribution in [0, 0.1) is 11.8 Å². The van der Waals surface area contributed by atoms with Crippen molar-refractivity contribution in [3.05, 3.63) is 108 Å². The monoisotopic (exact) mass is 374 g/mol. The Morgan fingerprint density at radius 1 is 0.679 bits per heavy atom. The summed E-state index contributed by atoms with van der Waals surface area (Å²) in [5, 5.41) is 23.8. The molecule has 144 valence electrons. The molecule has 3 aromatic carbocycles. The lowest BCUT2D eigenvalue weighted by atomic mass is 9.64. The molecule has 5 unspecified atom stereocenters. The molecule has 0 aromatic heterocycles. The highest BCUT2D eigenvalue weighted by molar-refractivity contribution is 5.32. The quantitative estimate of drug-likeness (QED) is 0.695. The van der Waals surface area contributed by atoms with E-state index in [1.54, 1.807) is 0 Å². The number of ether oxygens (including phenoxy) is 1. The van der Waals surface area contributed by atoms with Crippen LogP contribution in [0.4, 0.5) is 0 Å². The molecule has 0 spiro atoms. The topological polar surface area (TPSA) is 49.7 Å². The van der Waals surface area contributed by atoms with Gasteiger partial charge in [-0.3, -0.25) is 0 Å². The van der Waals surface area contributed by atoms with Gasteiger partial charge in [-0.1, -0.05) is 105 Å². The van der Waals surface area contributed by atoms with Crippen LogP contribution in [0.15, 0.2) is 91.0 Å². The van der Waals surface area contributed by atoms with Crippen LogP contribution in [0.1, 0.15) is 36.6 Å². The van der Waals surface area contributed by atoms with Gasteiger partial charge in [0.05, 0.1) is 6.10 Å². The molecular weight excluding hydrogens is 348 g/mol. The molecule has 1 heterocycles. The number of rotatable bonds is 3. The minimum Gasteiger partial charge on any atom is -0.384 e. The first kappa shape index (κ1) is 18.9. The van der Waals surface area contributed by atoms with Gasteiger partial charge < -0.3 is 14.9 Å². The van der Waals surface area contributed by atoms with Gasteiger partial charge in [-0.2, -0.15) is 0 Å². The van der Waals surface area contributed by atoms with Crippen molar-refractivity contribution in [1.82, 2.24) is 0 Å². The standard InChI is InChI=1S/C25H26O3/c1-18-23(20-12-6-3-7-13-20)28-25(27,22-16-10-5-11-17-22)19(2)24(18,26)21-14-8-4-9-15-21/h3-19,23,26-27H,1-2H3. The van der Waals surface area contributed by atoms with Crippen molar-refractivity contribution in [2.75, 3.05) is 0 Å². The third-order valence-electron chi connectivity index (χ3n) is 6.25. The van der Waals surface area contributed by atoms with E-state index in [1.807, 2.05) is 105 Å². The molecule has 28 heavy (non-hydrogen) atoms. The zero-order valence-electron chi connectivity index (χ0n) is 16.2. The number of aliphatic hydroxyl groups is 2. The van der Waals surface area contributed by atoms with Crippen LogP contribution >= 0.6 is 0 Å². The van der Waals surface area contributed by atoms with Gasteiger partial charge in [0.25, 0.3) is 0 Å². The third kappa shape index (κ3) is 2.87. The summed E-state index contributed by atoms with van der Waals surface area (Å²) in [5.41, 5.74) is 1.09. The fourth-order valence-corrected chi connectivity index (χ4v) is 4.53. The molecule has 3 heteroatoms. The average molecular weight is 374 g/mol. The summed E-state index contributed by atoms with van der Waals surface area (Å²) in [6.45, 7) is 3.85. The van der Waals surface area contributed by atoms with Crippen LogP contribution in [0.3, 0.4) is 0 Å². The van der Waals surface area contributed by atoms with Gasteiger partial charge in [-0.05, 0) is 11.1 Å². The van der Waals surface area contributed by atoms with E-state index in [0.29, 0.717) is 5.56 Å². The van der Waals surface area contributed by atoms with E-state index in [-0.39, 0.29) is 5.92 Å². The Balaban J connectivity index is 1.90. The van der Waals surface area contributed by atoms with Gasteiger partial charge >= 0.3 is 0 Å². The molecule has 1 fully saturated rings. The predicted octanol–water partition coefficient (Wildman–Crippen LogP) is 4.76. The average Bonchev–Trinajstić information content (AvgIpc) is 2.77. The van der Waals surface area contributed by atoms with Crippen molar-refractivity contribution < 1.29 is 14.9 Å². The van der Waals surface area contributed by atoms with Crippen molar-refractivity contribution in [3.63, 3.8) is 0 Å². The molecule has 0 bridgehead atoms. The van der Waals surface area contributed by atoms with E-state index < -0.39 is 23.4 Å². The molecule has 4 rings (SSSR count). The van der Waals surface area contributed by atoms with Crippen molar-refractivity contribution in [1.29, 1.82) is 0 Å². The second kappa shape index (κ2) is 7.17. The van der Waals surface area contributed by atoms with Crippen molar-refractivity contribution >= 4 is 0 Å². The first-order chi connectivity index (χ1) is 13.5. The molecule has 1 aliphatic rings. The highest BCUT2D eigenvalue weighted by atomic mass is 16.6. The lowest BCUT2D eigenvalue weighted by Gasteiger charge is -2.55. The number of benzene rings is 3. The van der Waals surface area contributed by atoms with E-state index in [2.05, 4.69) is 0 Å². The van der Waals surface area contributed by atoms with Gasteiger partial charge in [-0.15, -0.1) is 0 Å². The minimum absolute atomic E-state index is 0.267. The van der Waals surface area contributed by atoms with E-state index in [1.165, 1.54) is 0 Å². The Hall–Kier alpha value is -2.46. The summed E-state index contributed by atoms with van der Waals surface area (Å²) in [7, 11) is 0. The molecule has 1 aliphatic heterocycles. The Labute approximate surface area is 166 Å². The van der Waals surface area contributed by atoms with Crippen molar-refractivity contribution in [3.8, 4) is 0 Å². The van der Waals surface area contributed by atoms with Crippen LogP contribution in [0.2, 0.25) is 0 Å². The second-order valence-corrected chi connectivity index (χ2v) is 7.71. The molecular formula is C25H26O3. The number of hydrogen-bond donors (Lipinski definition) is 2. The molecule has 3 aromatic rings. The van der Waals surface area contributed by atoms with E-state index in [4.69, 9.17) is 4.74 Å². The lowest BCUT2D eigenvalue weighted by Crippen LogP contribution is -2.58. The highest BCUT2D eigenvalue weighted by Gasteiger charge is 2.59.